The largest absolute Gasteiger partial charge is 0.383 e. The molecule has 0 fully saturated rings. The quantitative estimate of drug-likeness (QED) is 0.733. The van der Waals surface area contributed by atoms with E-state index in [2.05, 4.69) is 17.9 Å². The molecule has 0 bridgehead atoms. The van der Waals surface area contributed by atoms with Gasteiger partial charge in [-0.1, -0.05) is 19.1 Å². The first-order valence-corrected chi connectivity index (χ1v) is 5.50. The van der Waals surface area contributed by atoms with E-state index in [4.69, 9.17) is 10.00 Å². The normalized spacial score (nSPS) is 10.4. The Morgan fingerprint density at radius 1 is 1.31 bits per heavy atom. The predicted octanol–water partition coefficient (Wildman–Crippen LogP) is 2.03. The average molecular weight is 218 g/mol. The minimum Gasteiger partial charge on any atom is -0.383 e. The Bertz CT molecular complexity index is 340. The molecule has 0 saturated heterocycles. The molecular formula is C13H18N2O. The molecule has 0 aromatic heterocycles. The van der Waals surface area contributed by atoms with Crippen LogP contribution in [0.3, 0.4) is 0 Å². The van der Waals surface area contributed by atoms with Crippen LogP contribution in [0.5, 0.6) is 0 Å². The summed E-state index contributed by atoms with van der Waals surface area (Å²) in [4.78, 5) is 2.31. The summed E-state index contributed by atoms with van der Waals surface area (Å²) in [7, 11) is 1.72. The lowest BCUT2D eigenvalue weighted by molar-refractivity contribution is 0.147. The van der Waals surface area contributed by atoms with Crippen LogP contribution in [0.4, 0.5) is 0 Å². The fourth-order valence-electron chi connectivity index (χ4n) is 1.51. The van der Waals surface area contributed by atoms with E-state index in [9.17, 15) is 0 Å². The Labute approximate surface area is 97.3 Å². The van der Waals surface area contributed by atoms with Crippen molar-refractivity contribution in [2.75, 3.05) is 26.8 Å². The van der Waals surface area contributed by atoms with E-state index in [1.54, 1.807) is 7.11 Å². The zero-order valence-electron chi connectivity index (χ0n) is 9.94. The van der Waals surface area contributed by atoms with Gasteiger partial charge in [-0.05, 0) is 24.2 Å². The molecular weight excluding hydrogens is 200 g/mol. The predicted molar refractivity (Wildman–Crippen MR) is 64.0 cm³/mol. The van der Waals surface area contributed by atoms with Crippen molar-refractivity contribution in [2.24, 2.45) is 0 Å². The second-order valence-corrected chi connectivity index (χ2v) is 3.67. The van der Waals surface area contributed by atoms with Crippen LogP contribution in [0.15, 0.2) is 24.3 Å². The smallest absolute Gasteiger partial charge is 0.0991 e. The Balaban J connectivity index is 2.53. The molecule has 0 aliphatic carbocycles. The van der Waals surface area contributed by atoms with E-state index in [1.165, 1.54) is 5.56 Å². The Morgan fingerprint density at radius 2 is 2.00 bits per heavy atom. The number of ether oxygens (including phenoxy) is 1. The van der Waals surface area contributed by atoms with Crippen LogP contribution < -0.4 is 0 Å². The SMILES string of the molecule is CCN(CCOC)Cc1ccc(C#N)cc1. The number of hydrogen-bond acceptors (Lipinski definition) is 3. The molecule has 1 aromatic rings. The highest BCUT2D eigenvalue weighted by Gasteiger charge is 2.03. The van der Waals surface area contributed by atoms with Crippen LogP contribution in [0.25, 0.3) is 0 Å². The van der Waals surface area contributed by atoms with Crippen molar-refractivity contribution in [1.29, 1.82) is 5.26 Å². The van der Waals surface area contributed by atoms with Gasteiger partial charge in [0, 0.05) is 20.2 Å². The number of likely N-dealkylation sites (N-methyl/N-ethyl adjacent to an activating group) is 1. The summed E-state index contributed by atoms with van der Waals surface area (Å²) in [5.74, 6) is 0. The molecule has 0 aliphatic rings. The summed E-state index contributed by atoms with van der Waals surface area (Å²) in [5.41, 5.74) is 1.95. The van der Waals surface area contributed by atoms with Crippen LogP contribution in [0.2, 0.25) is 0 Å². The van der Waals surface area contributed by atoms with Gasteiger partial charge in [0.25, 0.3) is 0 Å². The number of nitriles is 1. The number of rotatable bonds is 6. The summed E-state index contributed by atoms with van der Waals surface area (Å²) in [5, 5.41) is 8.70. The minimum atomic E-state index is 0.712. The summed E-state index contributed by atoms with van der Waals surface area (Å²) in [6, 6.07) is 9.86. The Kier molecular flexibility index (Phi) is 5.55. The molecule has 0 heterocycles. The number of nitrogens with zero attached hydrogens (tertiary/aromatic N) is 2. The van der Waals surface area contributed by atoms with Gasteiger partial charge >= 0.3 is 0 Å². The maximum absolute atomic E-state index is 8.70. The zero-order valence-corrected chi connectivity index (χ0v) is 9.94. The summed E-state index contributed by atoms with van der Waals surface area (Å²) < 4.78 is 5.06. The molecule has 1 aromatic carbocycles. The lowest BCUT2D eigenvalue weighted by Crippen LogP contribution is -2.26. The summed E-state index contributed by atoms with van der Waals surface area (Å²) in [6.07, 6.45) is 0. The van der Waals surface area contributed by atoms with Crippen molar-refractivity contribution in [3.8, 4) is 6.07 Å². The molecule has 0 aliphatic heterocycles. The van der Waals surface area contributed by atoms with E-state index in [0.717, 1.165) is 26.2 Å². The van der Waals surface area contributed by atoms with Gasteiger partial charge in [0.2, 0.25) is 0 Å². The third kappa shape index (κ3) is 4.01. The van der Waals surface area contributed by atoms with Gasteiger partial charge in [-0.15, -0.1) is 0 Å². The highest BCUT2D eigenvalue weighted by Crippen LogP contribution is 2.06. The second kappa shape index (κ2) is 7.00. The maximum atomic E-state index is 8.70. The first-order chi connectivity index (χ1) is 7.80. The molecule has 0 radical (unpaired) electrons. The van der Waals surface area contributed by atoms with Gasteiger partial charge in [0.15, 0.2) is 0 Å². The van der Waals surface area contributed by atoms with Crippen LogP contribution in [-0.2, 0) is 11.3 Å². The van der Waals surface area contributed by atoms with E-state index in [-0.39, 0.29) is 0 Å². The number of hydrogen-bond donors (Lipinski definition) is 0. The van der Waals surface area contributed by atoms with E-state index in [1.807, 2.05) is 24.3 Å². The third-order valence-corrected chi connectivity index (χ3v) is 2.55. The van der Waals surface area contributed by atoms with E-state index < -0.39 is 0 Å². The first-order valence-electron chi connectivity index (χ1n) is 5.50. The summed E-state index contributed by atoms with van der Waals surface area (Å²) >= 11 is 0. The molecule has 86 valence electrons. The second-order valence-electron chi connectivity index (χ2n) is 3.67. The number of benzene rings is 1. The van der Waals surface area contributed by atoms with Crippen LogP contribution in [0, 0.1) is 11.3 Å². The molecule has 0 N–H and O–H groups in total. The van der Waals surface area contributed by atoms with Gasteiger partial charge in [-0.2, -0.15) is 5.26 Å². The molecule has 3 heteroatoms. The maximum Gasteiger partial charge on any atom is 0.0991 e. The highest BCUT2D eigenvalue weighted by molar-refractivity contribution is 5.31. The molecule has 0 saturated carbocycles. The zero-order chi connectivity index (χ0) is 11.8. The topological polar surface area (TPSA) is 36.3 Å². The molecule has 0 atom stereocenters. The third-order valence-electron chi connectivity index (χ3n) is 2.55. The van der Waals surface area contributed by atoms with Crippen molar-refractivity contribution in [3.63, 3.8) is 0 Å². The molecule has 0 spiro atoms. The van der Waals surface area contributed by atoms with Crippen molar-refractivity contribution >= 4 is 0 Å². The molecule has 3 nitrogen and oxygen atoms in total. The van der Waals surface area contributed by atoms with E-state index in [0.29, 0.717) is 5.56 Å². The first kappa shape index (κ1) is 12.7. The van der Waals surface area contributed by atoms with Gasteiger partial charge in [-0.25, -0.2) is 0 Å². The lowest BCUT2D eigenvalue weighted by Gasteiger charge is -2.19. The van der Waals surface area contributed by atoms with Gasteiger partial charge in [0.1, 0.15) is 0 Å². The van der Waals surface area contributed by atoms with Crippen molar-refractivity contribution in [2.45, 2.75) is 13.5 Å². The lowest BCUT2D eigenvalue weighted by atomic mass is 10.1. The van der Waals surface area contributed by atoms with Gasteiger partial charge < -0.3 is 4.74 Å². The molecule has 1 rings (SSSR count). The van der Waals surface area contributed by atoms with Crippen molar-refractivity contribution in [3.05, 3.63) is 35.4 Å². The van der Waals surface area contributed by atoms with Gasteiger partial charge in [0.05, 0.1) is 18.2 Å². The monoisotopic (exact) mass is 218 g/mol. The van der Waals surface area contributed by atoms with Gasteiger partial charge in [-0.3, -0.25) is 4.90 Å². The fraction of sp³-hybridized carbons (Fsp3) is 0.462. The fourth-order valence-corrected chi connectivity index (χ4v) is 1.51. The number of methoxy groups -OCH3 is 1. The average Bonchev–Trinajstić information content (AvgIpc) is 2.35. The standard InChI is InChI=1S/C13H18N2O/c1-3-15(8-9-16-2)11-13-6-4-12(10-14)5-7-13/h4-7H,3,8-9,11H2,1-2H3. The minimum absolute atomic E-state index is 0.712. The highest BCUT2D eigenvalue weighted by atomic mass is 16.5. The van der Waals surface area contributed by atoms with Crippen LogP contribution >= 0.6 is 0 Å². The molecule has 0 amide bonds. The van der Waals surface area contributed by atoms with Crippen LogP contribution in [-0.4, -0.2) is 31.7 Å². The van der Waals surface area contributed by atoms with Crippen molar-refractivity contribution in [1.82, 2.24) is 4.90 Å². The molecule has 0 unspecified atom stereocenters. The Hall–Kier alpha value is -1.37. The van der Waals surface area contributed by atoms with E-state index >= 15 is 0 Å². The van der Waals surface area contributed by atoms with Crippen molar-refractivity contribution < 1.29 is 4.74 Å². The summed E-state index contributed by atoms with van der Waals surface area (Å²) in [6.45, 7) is 5.74. The molecule has 16 heavy (non-hydrogen) atoms. The Morgan fingerprint density at radius 3 is 2.50 bits per heavy atom. The van der Waals surface area contributed by atoms with Crippen LogP contribution in [0.1, 0.15) is 18.1 Å².